The summed E-state index contributed by atoms with van der Waals surface area (Å²) in [6.45, 7) is 0. The van der Waals surface area contributed by atoms with E-state index in [2.05, 4.69) is 0 Å². The van der Waals surface area contributed by atoms with Crippen LogP contribution in [0.15, 0.2) is 66.7 Å². The lowest BCUT2D eigenvalue weighted by Crippen LogP contribution is -2.06. The van der Waals surface area contributed by atoms with Crippen molar-refractivity contribution in [3.05, 3.63) is 72.5 Å². The van der Waals surface area contributed by atoms with Crippen molar-refractivity contribution in [3.63, 3.8) is 0 Å². The summed E-state index contributed by atoms with van der Waals surface area (Å²) in [5.41, 5.74) is 2.25. The van der Waals surface area contributed by atoms with Crippen LogP contribution in [0.5, 0.6) is 0 Å². The molecule has 120 valence electrons. The maximum absolute atomic E-state index is 13.7. The standard InChI is InChI=1S/C18H13FNO3P/c19-12-8-9-18-16(10-12)15-6-1-2-7-17(15)20(18)13-4-3-5-14(11-13)24(21,22)23/h1-11H,(H2,21,22,23). The van der Waals surface area contributed by atoms with Gasteiger partial charge in [0.2, 0.25) is 0 Å². The Labute approximate surface area is 136 Å². The first-order valence-electron chi connectivity index (χ1n) is 7.30. The Morgan fingerprint density at radius 3 is 2.38 bits per heavy atom. The van der Waals surface area contributed by atoms with Crippen LogP contribution in [0, 0.1) is 5.82 Å². The summed E-state index contributed by atoms with van der Waals surface area (Å²) in [7, 11) is -4.35. The fourth-order valence-corrected chi connectivity index (χ4v) is 3.62. The third-order valence-electron chi connectivity index (χ3n) is 4.06. The Balaban J connectivity index is 2.11. The predicted octanol–water partition coefficient (Wildman–Crippen LogP) is 3.73. The second-order valence-corrected chi connectivity index (χ2v) is 7.18. The van der Waals surface area contributed by atoms with Crippen molar-refractivity contribution in [2.75, 3.05) is 0 Å². The molecule has 4 rings (SSSR count). The zero-order chi connectivity index (χ0) is 16.9. The first-order valence-corrected chi connectivity index (χ1v) is 8.92. The second kappa shape index (κ2) is 5.28. The van der Waals surface area contributed by atoms with Gasteiger partial charge in [-0.25, -0.2) is 4.39 Å². The maximum atomic E-state index is 13.7. The molecule has 3 aromatic carbocycles. The summed E-state index contributed by atoms with van der Waals surface area (Å²) in [4.78, 5) is 18.9. The number of benzene rings is 3. The van der Waals surface area contributed by atoms with Crippen LogP contribution in [0.3, 0.4) is 0 Å². The van der Waals surface area contributed by atoms with E-state index in [1.54, 1.807) is 18.2 Å². The minimum atomic E-state index is -4.35. The molecule has 0 fully saturated rings. The normalized spacial score (nSPS) is 12.1. The Bertz CT molecular complexity index is 1130. The summed E-state index contributed by atoms with van der Waals surface area (Å²) in [5.74, 6) is -0.325. The molecule has 24 heavy (non-hydrogen) atoms. The molecule has 0 aliphatic rings. The van der Waals surface area contributed by atoms with E-state index in [1.165, 1.54) is 24.3 Å². The average molecular weight is 341 g/mol. The van der Waals surface area contributed by atoms with Gasteiger partial charge in [-0.3, -0.25) is 4.57 Å². The molecule has 6 heteroatoms. The van der Waals surface area contributed by atoms with Gasteiger partial charge in [-0.05, 0) is 42.5 Å². The van der Waals surface area contributed by atoms with Crippen LogP contribution in [0.1, 0.15) is 0 Å². The summed E-state index contributed by atoms with van der Waals surface area (Å²) in [6.07, 6.45) is 0. The van der Waals surface area contributed by atoms with E-state index in [0.29, 0.717) is 5.69 Å². The molecule has 1 heterocycles. The van der Waals surface area contributed by atoms with Gasteiger partial charge in [-0.1, -0.05) is 24.3 Å². The largest absolute Gasteiger partial charge is 0.356 e. The zero-order valence-electron chi connectivity index (χ0n) is 12.4. The molecule has 0 aliphatic carbocycles. The van der Waals surface area contributed by atoms with Gasteiger partial charge >= 0.3 is 7.60 Å². The van der Waals surface area contributed by atoms with Crippen molar-refractivity contribution in [1.82, 2.24) is 4.57 Å². The molecule has 1 aromatic heterocycles. The third-order valence-corrected chi connectivity index (χ3v) is 5.01. The summed E-state index contributed by atoms with van der Waals surface area (Å²) >= 11 is 0. The molecule has 0 radical (unpaired) electrons. The van der Waals surface area contributed by atoms with E-state index in [-0.39, 0.29) is 11.1 Å². The molecule has 0 saturated heterocycles. The summed E-state index contributed by atoms with van der Waals surface area (Å²) in [6, 6.07) is 18.3. The highest BCUT2D eigenvalue weighted by molar-refractivity contribution is 7.60. The van der Waals surface area contributed by atoms with Gasteiger partial charge in [-0.15, -0.1) is 0 Å². The Morgan fingerprint density at radius 2 is 1.58 bits per heavy atom. The number of hydrogen-bond donors (Lipinski definition) is 2. The molecule has 0 saturated carbocycles. The van der Waals surface area contributed by atoms with Gasteiger partial charge in [-0.2, -0.15) is 0 Å². The van der Waals surface area contributed by atoms with Crippen LogP contribution < -0.4 is 5.30 Å². The lowest BCUT2D eigenvalue weighted by molar-refractivity contribution is 0.387. The van der Waals surface area contributed by atoms with E-state index in [9.17, 15) is 18.7 Å². The van der Waals surface area contributed by atoms with E-state index in [4.69, 9.17) is 0 Å². The third kappa shape index (κ3) is 2.34. The van der Waals surface area contributed by atoms with E-state index >= 15 is 0 Å². The van der Waals surface area contributed by atoms with Gasteiger partial charge in [0.15, 0.2) is 0 Å². The van der Waals surface area contributed by atoms with Gasteiger partial charge in [0.1, 0.15) is 5.82 Å². The Kier molecular flexibility index (Phi) is 3.32. The maximum Gasteiger partial charge on any atom is 0.356 e. The molecule has 4 nitrogen and oxygen atoms in total. The van der Waals surface area contributed by atoms with Crippen LogP contribution in [-0.2, 0) is 4.57 Å². The molecule has 0 aliphatic heterocycles. The van der Waals surface area contributed by atoms with Crippen LogP contribution in [0.25, 0.3) is 27.5 Å². The van der Waals surface area contributed by atoms with Crippen molar-refractivity contribution in [1.29, 1.82) is 0 Å². The highest BCUT2D eigenvalue weighted by atomic mass is 31.2. The van der Waals surface area contributed by atoms with Crippen molar-refractivity contribution in [2.24, 2.45) is 0 Å². The Hall–Kier alpha value is -2.46. The number of fused-ring (bicyclic) bond motifs is 3. The Morgan fingerprint density at radius 1 is 0.833 bits per heavy atom. The van der Waals surface area contributed by atoms with Crippen molar-refractivity contribution >= 4 is 34.7 Å². The lowest BCUT2D eigenvalue weighted by atomic mass is 10.1. The van der Waals surface area contributed by atoms with Gasteiger partial charge in [0.25, 0.3) is 0 Å². The molecule has 0 unspecified atom stereocenters. The van der Waals surface area contributed by atoms with Crippen LogP contribution in [-0.4, -0.2) is 14.4 Å². The van der Waals surface area contributed by atoms with Gasteiger partial charge < -0.3 is 14.4 Å². The number of hydrogen-bond acceptors (Lipinski definition) is 1. The fourth-order valence-electron chi connectivity index (χ4n) is 3.04. The van der Waals surface area contributed by atoms with Crippen molar-refractivity contribution in [3.8, 4) is 5.69 Å². The number of nitrogens with zero attached hydrogens (tertiary/aromatic N) is 1. The molecular formula is C18H13FNO3P. The highest BCUT2D eigenvalue weighted by Gasteiger charge is 2.19. The lowest BCUT2D eigenvalue weighted by Gasteiger charge is -2.10. The molecule has 0 atom stereocenters. The molecule has 4 aromatic rings. The monoisotopic (exact) mass is 341 g/mol. The topological polar surface area (TPSA) is 62.5 Å². The molecule has 0 amide bonds. The SMILES string of the molecule is O=P(O)(O)c1cccc(-n2c3ccccc3c3cc(F)ccc32)c1. The van der Waals surface area contributed by atoms with Gasteiger partial charge in [0.05, 0.1) is 16.3 Å². The van der Waals surface area contributed by atoms with Crippen LogP contribution >= 0.6 is 7.60 Å². The minimum Gasteiger partial charge on any atom is -0.321 e. The summed E-state index contributed by atoms with van der Waals surface area (Å²) in [5, 5.41) is 1.59. The first-order chi connectivity index (χ1) is 11.4. The second-order valence-electron chi connectivity index (χ2n) is 5.58. The number of aromatic nitrogens is 1. The molecule has 0 bridgehead atoms. The van der Waals surface area contributed by atoms with Crippen LogP contribution in [0.2, 0.25) is 0 Å². The predicted molar refractivity (Wildman–Crippen MR) is 92.4 cm³/mol. The highest BCUT2D eigenvalue weighted by Crippen LogP contribution is 2.36. The number of para-hydroxylation sites is 1. The molecule has 2 N–H and O–H groups in total. The van der Waals surface area contributed by atoms with Crippen molar-refractivity contribution < 1.29 is 18.7 Å². The molecule has 0 spiro atoms. The van der Waals surface area contributed by atoms with Crippen LogP contribution in [0.4, 0.5) is 4.39 Å². The number of halogens is 1. The van der Waals surface area contributed by atoms with E-state index in [1.807, 2.05) is 28.8 Å². The van der Waals surface area contributed by atoms with E-state index in [0.717, 1.165) is 21.8 Å². The fraction of sp³-hybridized carbons (Fsp3) is 0. The summed E-state index contributed by atoms with van der Waals surface area (Å²) < 4.78 is 27.1. The first kappa shape index (κ1) is 15.1. The molecular weight excluding hydrogens is 328 g/mol. The van der Waals surface area contributed by atoms with Gasteiger partial charge in [0, 0.05) is 16.5 Å². The van der Waals surface area contributed by atoms with E-state index < -0.39 is 7.60 Å². The van der Waals surface area contributed by atoms with Crippen molar-refractivity contribution in [2.45, 2.75) is 0 Å². The zero-order valence-corrected chi connectivity index (χ0v) is 13.3. The quantitative estimate of drug-likeness (QED) is 0.546. The minimum absolute atomic E-state index is 0.0481. The average Bonchev–Trinajstić information content (AvgIpc) is 2.88. The smallest absolute Gasteiger partial charge is 0.321 e. The number of rotatable bonds is 2.